The third-order valence-corrected chi connectivity index (χ3v) is 15.3. The van der Waals surface area contributed by atoms with Crippen molar-refractivity contribution in [2.24, 2.45) is 30.7 Å². The Kier molecular flexibility index (Phi) is 38.7. The summed E-state index contributed by atoms with van der Waals surface area (Å²) in [5, 5.41) is 5.92. The smallest absolute Gasteiger partial charge is 0.321 e. The minimum absolute atomic E-state index is 0.0774. The lowest BCUT2D eigenvalue weighted by atomic mass is 9.88. The molecule has 3 unspecified atom stereocenters. The van der Waals surface area contributed by atoms with Gasteiger partial charge in [0.2, 0.25) is 11.9 Å². The number of benzene rings is 2. The standard InChI is InChI=1S/C25H28F2N5O.C11H24O.C11H24.C7H6F2.C6H9NO.C5H10.C4H10/c1-14-7-8-18-20(11-14)32(5)25(30-18)29-16(3)17-12-15(2)28-19(13-17)22-21(33-6)9-10-31(4)23(22)24(26)27;1-5-7-8-11(9-12-4)10(3)6-2;1-5-7-11(4)9-8-10(3)6-2;1-5-2-6(8)4-7(9)3-5;1-5-3-2-4-6(8)7-5;1-2-4-5-3-1;1-3-4-2/h7-8,11-13,24H,3,9-10H2,1-2,4-6H3,(H,29,30);10-11H,5-9H2,1-4H3;10-11H,5-9H2,1-4H3;2-4H,1H3;1-4H2,(H,7,8);1-5H2;3-4H2,1-2H3/q+1;;;;;;/t;;10-,11?;;;;/m..1..../s1. The number of hydrogen-bond donors (Lipinski definition) is 2. The highest BCUT2D eigenvalue weighted by atomic mass is 19.3. The van der Waals surface area contributed by atoms with Gasteiger partial charge in [-0.15, -0.1) is 0 Å². The quantitative estimate of drug-likeness (QED) is 0.0677. The maximum atomic E-state index is 14.0. The number of fused-ring (bicyclic) bond motifs is 1. The first-order valence-corrected chi connectivity index (χ1v) is 31.0. The number of alkyl halides is 2. The number of rotatable bonds is 20. The van der Waals surface area contributed by atoms with Gasteiger partial charge in [-0.1, -0.05) is 178 Å². The van der Waals surface area contributed by atoms with Gasteiger partial charge in [-0.3, -0.25) is 9.78 Å². The Morgan fingerprint density at radius 2 is 1.38 bits per heavy atom. The normalized spacial score (nSPS) is 15.2. The molecule has 4 aromatic rings. The predicted molar refractivity (Wildman–Crippen MR) is 341 cm³/mol. The lowest BCUT2D eigenvalue weighted by Crippen LogP contribution is -2.32. The van der Waals surface area contributed by atoms with Gasteiger partial charge >= 0.3 is 6.43 Å². The summed E-state index contributed by atoms with van der Waals surface area (Å²) in [7, 11) is 6.92. The number of nitrogens with zero attached hydrogens (tertiary/aromatic N) is 4. The number of ether oxygens (including phenoxy) is 2. The highest BCUT2D eigenvalue weighted by Gasteiger charge is 2.36. The minimum Gasteiger partial charge on any atom is -0.500 e. The lowest BCUT2D eigenvalue weighted by Gasteiger charge is -2.21. The van der Waals surface area contributed by atoms with Crippen LogP contribution in [-0.2, 0) is 21.3 Å². The molecular formula is C69H111F4N6O3+. The van der Waals surface area contributed by atoms with Crippen molar-refractivity contribution in [3.05, 3.63) is 113 Å². The van der Waals surface area contributed by atoms with Crippen LogP contribution in [0, 0.1) is 56.1 Å². The van der Waals surface area contributed by atoms with E-state index in [-0.39, 0.29) is 11.6 Å². The molecule has 0 radical (unpaired) electrons. The molecule has 1 saturated heterocycles. The van der Waals surface area contributed by atoms with E-state index >= 15 is 0 Å². The van der Waals surface area contributed by atoms with E-state index < -0.39 is 18.1 Å². The number of allylic oxidation sites excluding steroid dienone is 2. The van der Waals surface area contributed by atoms with Gasteiger partial charge < -0.3 is 24.7 Å². The van der Waals surface area contributed by atoms with Gasteiger partial charge in [0.25, 0.3) is 5.71 Å². The molecule has 2 aliphatic heterocycles. The highest BCUT2D eigenvalue weighted by Crippen LogP contribution is 2.31. The van der Waals surface area contributed by atoms with Crippen LogP contribution in [0.5, 0.6) is 0 Å². The first kappa shape index (κ1) is 74.7. The molecule has 0 bridgehead atoms. The van der Waals surface area contributed by atoms with Crippen LogP contribution < -0.4 is 10.6 Å². The number of pyridine rings is 1. The van der Waals surface area contributed by atoms with E-state index in [9.17, 15) is 22.4 Å². The number of halogens is 4. The van der Waals surface area contributed by atoms with Crippen LogP contribution in [0.3, 0.4) is 0 Å². The van der Waals surface area contributed by atoms with Crippen molar-refractivity contribution in [3.8, 4) is 0 Å². The number of amides is 1. The fourth-order valence-corrected chi connectivity index (χ4v) is 9.51. The molecule has 462 valence electrons. The van der Waals surface area contributed by atoms with Crippen molar-refractivity contribution >= 4 is 39.9 Å². The zero-order chi connectivity index (χ0) is 61.7. The zero-order valence-corrected chi connectivity index (χ0v) is 54.0. The first-order valence-electron chi connectivity index (χ1n) is 31.0. The van der Waals surface area contributed by atoms with E-state index in [0.29, 0.717) is 59.3 Å². The number of piperidine rings is 1. The molecular weight excluding hydrogens is 1040 g/mol. The van der Waals surface area contributed by atoms with E-state index in [4.69, 9.17) is 9.47 Å². The second-order valence-electron chi connectivity index (χ2n) is 22.8. The van der Waals surface area contributed by atoms with Crippen LogP contribution >= 0.6 is 0 Å². The van der Waals surface area contributed by atoms with E-state index in [1.165, 1.54) is 122 Å². The second-order valence-corrected chi connectivity index (χ2v) is 22.8. The van der Waals surface area contributed by atoms with Crippen LogP contribution in [0.25, 0.3) is 22.3 Å². The van der Waals surface area contributed by atoms with Gasteiger partial charge in [-0.05, 0) is 111 Å². The lowest BCUT2D eigenvalue weighted by molar-refractivity contribution is -0.500. The second kappa shape index (κ2) is 42.5. The van der Waals surface area contributed by atoms with Crippen molar-refractivity contribution < 1.29 is 36.4 Å². The van der Waals surface area contributed by atoms with E-state index in [1.807, 2.05) is 43.7 Å². The topological polar surface area (TPSA) is 93.3 Å². The summed E-state index contributed by atoms with van der Waals surface area (Å²) in [6.45, 7) is 35.2. The highest BCUT2D eigenvalue weighted by molar-refractivity contribution is 6.23. The maximum absolute atomic E-state index is 14.0. The molecule has 2 fully saturated rings. The van der Waals surface area contributed by atoms with Crippen LogP contribution in [0.4, 0.5) is 23.5 Å². The molecule has 1 saturated carbocycles. The Morgan fingerprint density at radius 1 is 0.756 bits per heavy atom. The van der Waals surface area contributed by atoms with Crippen molar-refractivity contribution in [1.29, 1.82) is 0 Å². The monoisotopic (exact) mass is 1150 g/mol. The minimum atomic E-state index is -2.65. The molecule has 1 amide bonds. The van der Waals surface area contributed by atoms with Gasteiger partial charge in [0.15, 0.2) is 0 Å². The van der Waals surface area contributed by atoms with Gasteiger partial charge in [0.05, 0.1) is 30.3 Å². The average molecular weight is 1150 g/mol. The van der Waals surface area contributed by atoms with Crippen LogP contribution in [0.1, 0.15) is 219 Å². The van der Waals surface area contributed by atoms with Gasteiger partial charge in [0, 0.05) is 55.9 Å². The summed E-state index contributed by atoms with van der Waals surface area (Å²) in [6.07, 6.45) is 22.8. The van der Waals surface area contributed by atoms with E-state index in [2.05, 4.69) is 102 Å². The van der Waals surface area contributed by atoms with Crippen molar-refractivity contribution in [2.45, 2.75) is 218 Å². The summed E-state index contributed by atoms with van der Waals surface area (Å²) in [5.74, 6) is 3.71. The number of methoxy groups -OCH3 is 2. The van der Waals surface area contributed by atoms with Crippen molar-refractivity contribution in [2.75, 3.05) is 39.7 Å². The Hall–Kier alpha value is -5.30. The van der Waals surface area contributed by atoms with Crippen LogP contribution in [0.15, 0.2) is 73.1 Å². The Bertz CT molecular complexity index is 2460. The number of carbonyl (C=O) groups is 1. The molecule has 2 aromatic carbocycles. The van der Waals surface area contributed by atoms with Crippen molar-refractivity contribution in [3.63, 3.8) is 0 Å². The SMILES string of the molecule is C1CCCC1.C=C(Nc1nc2ccc(C)cc2n1C)c1cc(C)nc(C2=C(OC)CC[N+](C)=C2C(F)F)c1.C=C1CCCC(=O)N1.CCCC.CCCC(C)CC[C@H](C)CC.CCCCC(COC)C(C)CC.Cc1cc(F)cc(F)c1. The Labute approximate surface area is 495 Å². The summed E-state index contributed by atoms with van der Waals surface area (Å²) < 4.78 is 66.6. The first-order chi connectivity index (χ1) is 39.0. The number of anilines is 1. The molecule has 9 nitrogen and oxygen atoms in total. The summed E-state index contributed by atoms with van der Waals surface area (Å²) in [5.41, 5.74) is 7.23. The van der Waals surface area contributed by atoms with Crippen LogP contribution in [0.2, 0.25) is 0 Å². The number of imidazole rings is 1. The summed E-state index contributed by atoms with van der Waals surface area (Å²) >= 11 is 0. The third kappa shape index (κ3) is 29.3. The molecule has 13 heteroatoms. The molecule has 3 aliphatic rings. The number of unbranched alkanes of at least 4 members (excludes halogenated alkanes) is 2. The molecule has 2 N–H and O–H groups in total. The average Bonchev–Trinajstić information content (AvgIpc) is 4.19. The fourth-order valence-electron chi connectivity index (χ4n) is 9.51. The van der Waals surface area contributed by atoms with E-state index in [1.54, 1.807) is 31.7 Å². The molecule has 7 rings (SSSR count). The summed E-state index contributed by atoms with van der Waals surface area (Å²) in [6, 6.07) is 13.1. The van der Waals surface area contributed by atoms with Crippen molar-refractivity contribution in [1.82, 2.24) is 19.9 Å². The Balaban J connectivity index is 0.000000561. The van der Waals surface area contributed by atoms with Gasteiger partial charge in [-0.2, -0.15) is 8.78 Å². The molecule has 0 spiro atoms. The molecule has 2 aromatic heterocycles. The number of hydrogen-bond acceptors (Lipinski definition) is 6. The predicted octanol–water partition coefficient (Wildman–Crippen LogP) is 19.3. The van der Waals surface area contributed by atoms with E-state index in [0.717, 1.165) is 77.0 Å². The number of carbonyl (C=O) groups excluding carboxylic acids is 1. The van der Waals surface area contributed by atoms with Crippen LogP contribution in [-0.4, -0.2) is 71.6 Å². The Morgan fingerprint density at radius 3 is 1.87 bits per heavy atom. The number of nitrogens with one attached hydrogen (secondary N) is 2. The fraction of sp³-hybridized carbons (Fsp3) is 0.623. The largest absolute Gasteiger partial charge is 0.500 e. The zero-order valence-electron chi connectivity index (χ0n) is 54.0. The maximum Gasteiger partial charge on any atom is 0.321 e. The molecule has 82 heavy (non-hydrogen) atoms. The third-order valence-electron chi connectivity index (χ3n) is 15.3. The molecule has 4 heterocycles. The van der Waals surface area contributed by atoms with Gasteiger partial charge in [0.1, 0.15) is 36.6 Å². The number of aromatic nitrogens is 3. The van der Waals surface area contributed by atoms with Gasteiger partial charge in [-0.25, -0.2) is 18.3 Å². The summed E-state index contributed by atoms with van der Waals surface area (Å²) in [4.78, 5) is 19.7. The molecule has 4 atom stereocenters. The number of aryl methyl sites for hydroxylation is 4. The molecule has 1 aliphatic carbocycles.